The Kier molecular flexibility index (Phi) is 6.02. The van der Waals surface area contributed by atoms with Gasteiger partial charge in [0.05, 0.1) is 13.7 Å². The van der Waals surface area contributed by atoms with Crippen LogP contribution in [-0.2, 0) is 11.3 Å². The summed E-state index contributed by atoms with van der Waals surface area (Å²) >= 11 is 0. The van der Waals surface area contributed by atoms with Crippen LogP contribution in [0, 0.1) is 0 Å². The molecule has 160 valence electrons. The van der Waals surface area contributed by atoms with Gasteiger partial charge in [0.1, 0.15) is 6.04 Å². The molecule has 1 aliphatic rings. The zero-order chi connectivity index (χ0) is 21.8. The van der Waals surface area contributed by atoms with Gasteiger partial charge >= 0.3 is 0 Å². The first kappa shape index (κ1) is 20.7. The number of benzene rings is 2. The first-order chi connectivity index (χ1) is 15.1. The van der Waals surface area contributed by atoms with Crippen molar-refractivity contribution in [1.29, 1.82) is 0 Å². The summed E-state index contributed by atoms with van der Waals surface area (Å²) in [5.74, 6) is 2.24. The molecule has 1 fully saturated rings. The second kappa shape index (κ2) is 9.04. The highest BCUT2D eigenvalue weighted by atomic mass is 16.5. The summed E-state index contributed by atoms with van der Waals surface area (Å²) in [6.07, 6.45) is 2.91. The number of hydrogen-bond donors (Lipinski definition) is 0. The standard InChI is InChI=1S/C24H25N3O4/c1-4-16-6-8-17(9-7-16)15-27-19(11-13-22(27)28)24-25-23(26-31-24)18-10-12-20(30-5-2)21(14-18)29-3/h4,6-10,12,14,19H,1,5,11,13,15H2,2-3H3. The van der Waals surface area contributed by atoms with Gasteiger partial charge in [0.2, 0.25) is 17.6 Å². The number of rotatable bonds is 8. The van der Waals surface area contributed by atoms with Crippen molar-refractivity contribution in [1.82, 2.24) is 15.0 Å². The highest BCUT2D eigenvalue weighted by Crippen LogP contribution is 2.36. The molecule has 1 atom stereocenters. The fraction of sp³-hybridized carbons (Fsp3) is 0.292. The van der Waals surface area contributed by atoms with E-state index >= 15 is 0 Å². The van der Waals surface area contributed by atoms with E-state index in [0.29, 0.717) is 49.2 Å². The molecule has 2 heterocycles. The smallest absolute Gasteiger partial charge is 0.249 e. The third-order valence-corrected chi connectivity index (χ3v) is 5.35. The quantitative estimate of drug-likeness (QED) is 0.529. The van der Waals surface area contributed by atoms with Crippen molar-refractivity contribution in [2.75, 3.05) is 13.7 Å². The van der Waals surface area contributed by atoms with Crippen LogP contribution in [-0.4, -0.2) is 34.7 Å². The first-order valence-corrected chi connectivity index (χ1v) is 10.3. The minimum Gasteiger partial charge on any atom is -0.493 e. The van der Waals surface area contributed by atoms with Crippen molar-refractivity contribution >= 4 is 12.0 Å². The molecule has 0 saturated carbocycles. The van der Waals surface area contributed by atoms with Gasteiger partial charge in [0, 0.05) is 18.5 Å². The molecular formula is C24H25N3O4. The Balaban J connectivity index is 1.55. The highest BCUT2D eigenvalue weighted by Gasteiger charge is 2.36. The summed E-state index contributed by atoms with van der Waals surface area (Å²) in [5.41, 5.74) is 2.84. The molecule has 0 radical (unpaired) electrons. The van der Waals surface area contributed by atoms with Crippen LogP contribution in [0.2, 0.25) is 0 Å². The molecule has 1 unspecified atom stereocenters. The second-order valence-corrected chi connectivity index (χ2v) is 7.28. The number of nitrogens with zero attached hydrogens (tertiary/aromatic N) is 3. The van der Waals surface area contributed by atoms with E-state index in [1.165, 1.54) is 0 Å². The molecule has 7 heteroatoms. The molecule has 0 bridgehead atoms. The van der Waals surface area contributed by atoms with Gasteiger partial charge < -0.3 is 18.9 Å². The molecule has 1 aliphatic heterocycles. The molecule has 0 N–H and O–H groups in total. The van der Waals surface area contributed by atoms with E-state index in [1.54, 1.807) is 18.1 Å². The number of ether oxygens (including phenoxy) is 2. The first-order valence-electron chi connectivity index (χ1n) is 10.3. The van der Waals surface area contributed by atoms with Crippen molar-refractivity contribution in [3.8, 4) is 22.9 Å². The Labute approximate surface area is 181 Å². The van der Waals surface area contributed by atoms with Gasteiger partial charge in [-0.2, -0.15) is 4.98 Å². The molecule has 0 spiro atoms. The lowest BCUT2D eigenvalue weighted by Gasteiger charge is -2.22. The average molecular weight is 419 g/mol. The van der Waals surface area contributed by atoms with Gasteiger partial charge in [-0.3, -0.25) is 4.79 Å². The van der Waals surface area contributed by atoms with E-state index in [2.05, 4.69) is 16.7 Å². The highest BCUT2D eigenvalue weighted by molar-refractivity contribution is 5.79. The van der Waals surface area contributed by atoms with Crippen molar-refractivity contribution in [3.05, 3.63) is 66.1 Å². The lowest BCUT2D eigenvalue weighted by Crippen LogP contribution is -2.27. The summed E-state index contributed by atoms with van der Waals surface area (Å²) < 4.78 is 16.5. The lowest BCUT2D eigenvalue weighted by atomic mass is 10.1. The van der Waals surface area contributed by atoms with Crippen molar-refractivity contribution in [2.24, 2.45) is 0 Å². The minimum absolute atomic E-state index is 0.0836. The zero-order valence-electron chi connectivity index (χ0n) is 17.7. The molecule has 4 rings (SSSR count). The summed E-state index contributed by atoms with van der Waals surface area (Å²) in [4.78, 5) is 18.9. The number of hydrogen-bond acceptors (Lipinski definition) is 6. The van der Waals surface area contributed by atoms with Gasteiger partial charge in [0.15, 0.2) is 11.5 Å². The summed E-state index contributed by atoms with van der Waals surface area (Å²) in [7, 11) is 1.59. The Morgan fingerprint density at radius 1 is 1.23 bits per heavy atom. The molecule has 0 aliphatic carbocycles. The van der Waals surface area contributed by atoms with E-state index in [-0.39, 0.29) is 11.9 Å². The van der Waals surface area contributed by atoms with Crippen LogP contribution in [0.25, 0.3) is 17.5 Å². The van der Waals surface area contributed by atoms with E-state index in [0.717, 1.165) is 16.7 Å². The monoisotopic (exact) mass is 419 g/mol. The minimum atomic E-state index is -0.238. The largest absolute Gasteiger partial charge is 0.493 e. The fourth-order valence-corrected chi connectivity index (χ4v) is 3.71. The normalized spacial score (nSPS) is 15.9. The third-order valence-electron chi connectivity index (χ3n) is 5.35. The van der Waals surface area contributed by atoms with E-state index in [9.17, 15) is 4.79 Å². The zero-order valence-corrected chi connectivity index (χ0v) is 17.7. The van der Waals surface area contributed by atoms with E-state index in [4.69, 9.17) is 14.0 Å². The maximum Gasteiger partial charge on any atom is 0.249 e. The lowest BCUT2D eigenvalue weighted by molar-refractivity contribution is -0.129. The van der Waals surface area contributed by atoms with Gasteiger partial charge in [0.25, 0.3) is 0 Å². The van der Waals surface area contributed by atoms with Gasteiger partial charge in [-0.05, 0) is 42.7 Å². The Bertz CT molecular complexity index is 1070. The van der Waals surface area contributed by atoms with Gasteiger partial charge in [-0.15, -0.1) is 0 Å². The van der Waals surface area contributed by atoms with Gasteiger partial charge in [-0.25, -0.2) is 0 Å². The summed E-state index contributed by atoms with van der Waals surface area (Å²) in [6.45, 7) is 6.73. The molecule has 1 amide bonds. The molecule has 2 aromatic carbocycles. The molecule has 7 nitrogen and oxygen atoms in total. The van der Waals surface area contributed by atoms with Crippen LogP contribution >= 0.6 is 0 Å². The fourth-order valence-electron chi connectivity index (χ4n) is 3.71. The molecule has 1 aromatic heterocycles. The Morgan fingerprint density at radius 2 is 2.03 bits per heavy atom. The molecule has 31 heavy (non-hydrogen) atoms. The maximum absolute atomic E-state index is 12.5. The Morgan fingerprint density at radius 3 is 2.74 bits per heavy atom. The van der Waals surface area contributed by atoms with E-state index < -0.39 is 0 Å². The number of aromatic nitrogens is 2. The summed E-state index contributed by atoms with van der Waals surface area (Å²) in [6, 6.07) is 13.3. The number of carbonyl (C=O) groups excluding carboxylic acids is 1. The number of methoxy groups -OCH3 is 1. The van der Waals surface area contributed by atoms with Crippen LogP contribution in [0.5, 0.6) is 11.5 Å². The molecule has 1 saturated heterocycles. The SMILES string of the molecule is C=Cc1ccc(CN2C(=O)CCC2c2nc(-c3ccc(OCC)c(OC)c3)no2)cc1. The van der Waals surface area contributed by atoms with Crippen LogP contribution < -0.4 is 9.47 Å². The number of carbonyl (C=O) groups is 1. The van der Waals surface area contributed by atoms with E-state index in [1.807, 2.05) is 49.4 Å². The number of likely N-dealkylation sites (tertiary alicyclic amines) is 1. The molecule has 3 aromatic rings. The van der Waals surface area contributed by atoms with Crippen LogP contribution in [0.15, 0.2) is 53.6 Å². The Hall–Kier alpha value is -3.61. The third kappa shape index (κ3) is 4.30. The average Bonchev–Trinajstić information content (AvgIpc) is 3.42. The topological polar surface area (TPSA) is 77.7 Å². The maximum atomic E-state index is 12.5. The van der Waals surface area contributed by atoms with Gasteiger partial charge in [-0.1, -0.05) is 42.1 Å². The second-order valence-electron chi connectivity index (χ2n) is 7.28. The van der Waals surface area contributed by atoms with Crippen LogP contribution in [0.4, 0.5) is 0 Å². The summed E-state index contributed by atoms with van der Waals surface area (Å²) in [5, 5.41) is 4.14. The molecular weight excluding hydrogens is 394 g/mol. The van der Waals surface area contributed by atoms with Crippen LogP contribution in [0.3, 0.4) is 0 Å². The predicted octanol–water partition coefficient (Wildman–Crippen LogP) is 4.65. The number of amides is 1. The van der Waals surface area contributed by atoms with Crippen LogP contribution in [0.1, 0.15) is 42.8 Å². The van der Waals surface area contributed by atoms with Crippen molar-refractivity contribution < 1.29 is 18.8 Å². The predicted molar refractivity (Wildman–Crippen MR) is 117 cm³/mol. The van der Waals surface area contributed by atoms with Crippen molar-refractivity contribution in [3.63, 3.8) is 0 Å². The van der Waals surface area contributed by atoms with Crippen molar-refractivity contribution in [2.45, 2.75) is 32.4 Å².